The molecular formula is C24H31N5O3. The summed E-state index contributed by atoms with van der Waals surface area (Å²) in [6.07, 6.45) is 1.78. The van der Waals surface area contributed by atoms with E-state index in [9.17, 15) is 4.79 Å². The summed E-state index contributed by atoms with van der Waals surface area (Å²) in [6, 6.07) is 10.0. The average Bonchev–Trinajstić information content (AvgIpc) is 3.66. The van der Waals surface area contributed by atoms with Gasteiger partial charge in [-0.3, -0.25) is 4.79 Å². The van der Waals surface area contributed by atoms with Gasteiger partial charge in [-0.15, -0.1) is 0 Å². The van der Waals surface area contributed by atoms with Gasteiger partial charge in [0, 0.05) is 50.9 Å². The first-order chi connectivity index (χ1) is 15.6. The average molecular weight is 438 g/mol. The summed E-state index contributed by atoms with van der Waals surface area (Å²) in [6.45, 7) is 8.04. The second-order valence-electron chi connectivity index (χ2n) is 8.79. The van der Waals surface area contributed by atoms with Crippen LogP contribution in [0.1, 0.15) is 24.2 Å². The molecule has 1 saturated carbocycles. The smallest absolute Gasteiger partial charge is 0.233 e. The van der Waals surface area contributed by atoms with Gasteiger partial charge in [0.1, 0.15) is 23.2 Å². The van der Waals surface area contributed by atoms with Gasteiger partial charge in [0.2, 0.25) is 5.91 Å². The number of carbonyl (C=O) groups is 1. The van der Waals surface area contributed by atoms with Crippen molar-refractivity contribution in [1.29, 1.82) is 0 Å². The zero-order valence-electron chi connectivity index (χ0n) is 18.9. The lowest BCUT2D eigenvalue weighted by Crippen LogP contribution is -2.52. The Kier molecular flexibility index (Phi) is 5.63. The van der Waals surface area contributed by atoms with Gasteiger partial charge in [-0.1, -0.05) is 18.2 Å². The van der Waals surface area contributed by atoms with E-state index < -0.39 is 5.41 Å². The van der Waals surface area contributed by atoms with E-state index in [0.717, 1.165) is 81.0 Å². The maximum atomic E-state index is 13.5. The molecule has 3 heterocycles. The molecule has 8 heteroatoms. The minimum atomic E-state index is -0.413. The van der Waals surface area contributed by atoms with Crippen LogP contribution < -0.4 is 14.5 Å². The first kappa shape index (κ1) is 21.0. The fraction of sp³-hybridized carbons (Fsp3) is 0.542. The lowest BCUT2D eigenvalue weighted by atomic mass is 9.93. The number of benzene rings is 1. The van der Waals surface area contributed by atoms with E-state index in [4.69, 9.17) is 14.5 Å². The van der Waals surface area contributed by atoms with E-state index in [0.29, 0.717) is 13.1 Å². The molecule has 1 amide bonds. The molecular weight excluding hydrogens is 406 g/mol. The molecule has 3 aliphatic rings. The van der Waals surface area contributed by atoms with Gasteiger partial charge in [0.25, 0.3) is 0 Å². The number of aryl methyl sites for hydroxylation is 1. The quantitative estimate of drug-likeness (QED) is 0.709. The van der Waals surface area contributed by atoms with Gasteiger partial charge in [-0.25, -0.2) is 9.97 Å². The number of para-hydroxylation sites is 1. The molecule has 0 unspecified atom stereocenters. The van der Waals surface area contributed by atoms with Crippen LogP contribution >= 0.6 is 0 Å². The van der Waals surface area contributed by atoms with Gasteiger partial charge in [-0.05, 0) is 25.8 Å². The van der Waals surface area contributed by atoms with Gasteiger partial charge in [0.15, 0.2) is 0 Å². The summed E-state index contributed by atoms with van der Waals surface area (Å²) < 4.78 is 11.0. The number of morpholine rings is 1. The fourth-order valence-corrected chi connectivity index (χ4v) is 4.86. The van der Waals surface area contributed by atoms with Gasteiger partial charge in [-0.2, -0.15) is 0 Å². The molecule has 170 valence electrons. The van der Waals surface area contributed by atoms with E-state index in [1.54, 1.807) is 7.11 Å². The predicted molar refractivity (Wildman–Crippen MR) is 123 cm³/mol. The topological polar surface area (TPSA) is 71.0 Å². The number of hydrogen-bond donors (Lipinski definition) is 0. The van der Waals surface area contributed by atoms with E-state index in [-0.39, 0.29) is 5.91 Å². The molecule has 0 atom stereocenters. The third kappa shape index (κ3) is 3.88. The van der Waals surface area contributed by atoms with Crippen molar-refractivity contribution in [2.75, 3.05) is 69.4 Å². The molecule has 2 aromatic rings. The molecule has 0 spiro atoms. The molecule has 8 nitrogen and oxygen atoms in total. The molecule has 3 fully saturated rings. The molecule has 2 aliphatic heterocycles. The Morgan fingerprint density at radius 1 is 0.969 bits per heavy atom. The van der Waals surface area contributed by atoms with E-state index >= 15 is 0 Å². The van der Waals surface area contributed by atoms with Crippen LogP contribution in [0, 0.1) is 6.92 Å². The Labute approximate surface area is 189 Å². The normalized spacial score (nSPS) is 20.2. The van der Waals surface area contributed by atoms with Crippen LogP contribution in [0.2, 0.25) is 0 Å². The van der Waals surface area contributed by atoms with Crippen LogP contribution in [-0.4, -0.2) is 80.4 Å². The third-order valence-electron chi connectivity index (χ3n) is 6.82. The minimum absolute atomic E-state index is 0.231. The molecule has 32 heavy (non-hydrogen) atoms. The number of aromatic nitrogens is 2. The predicted octanol–water partition coefficient (Wildman–Crippen LogP) is 2.01. The molecule has 0 N–H and O–H groups in total. The maximum absolute atomic E-state index is 13.5. The Morgan fingerprint density at radius 2 is 1.59 bits per heavy atom. The summed E-state index contributed by atoms with van der Waals surface area (Å²) in [4.78, 5) is 29.4. The van der Waals surface area contributed by atoms with Gasteiger partial charge >= 0.3 is 0 Å². The van der Waals surface area contributed by atoms with Crippen LogP contribution in [-0.2, 0) is 14.9 Å². The highest BCUT2D eigenvalue weighted by atomic mass is 16.5. The second-order valence-corrected chi connectivity index (χ2v) is 8.79. The van der Waals surface area contributed by atoms with Crippen molar-refractivity contribution in [3.05, 3.63) is 41.7 Å². The number of piperazine rings is 1. The van der Waals surface area contributed by atoms with Gasteiger partial charge in [0.05, 0.1) is 25.7 Å². The van der Waals surface area contributed by atoms with E-state index in [1.807, 2.05) is 36.1 Å². The summed E-state index contributed by atoms with van der Waals surface area (Å²) in [5, 5.41) is 0. The van der Waals surface area contributed by atoms with Crippen molar-refractivity contribution in [3.63, 3.8) is 0 Å². The number of nitrogens with zero attached hydrogens (tertiary/aromatic N) is 5. The van der Waals surface area contributed by atoms with Crippen LogP contribution in [0.25, 0.3) is 0 Å². The van der Waals surface area contributed by atoms with Crippen LogP contribution in [0.5, 0.6) is 5.75 Å². The zero-order valence-corrected chi connectivity index (χ0v) is 18.9. The lowest BCUT2D eigenvalue weighted by Gasteiger charge is -2.38. The van der Waals surface area contributed by atoms with Crippen molar-refractivity contribution < 1.29 is 14.3 Å². The largest absolute Gasteiger partial charge is 0.496 e. The summed E-state index contributed by atoms with van der Waals surface area (Å²) in [7, 11) is 1.67. The molecule has 0 bridgehead atoms. The van der Waals surface area contributed by atoms with E-state index in [2.05, 4.69) is 20.9 Å². The summed E-state index contributed by atoms with van der Waals surface area (Å²) in [5.74, 6) is 3.72. The molecule has 5 rings (SSSR count). The molecule has 0 radical (unpaired) electrons. The van der Waals surface area contributed by atoms with Crippen molar-refractivity contribution in [2.45, 2.75) is 25.2 Å². The number of ether oxygens (including phenoxy) is 2. The van der Waals surface area contributed by atoms with Gasteiger partial charge < -0.3 is 24.2 Å². The Morgan fingerprint density at radius 3 is 2.22 bits per heavy atom. The number of anilines is 2. The van der Waals surface area contributed by atoms with Crippen molar-refractivity contribution in [2.24, 2.45) is 0 Å². The monoisotopic (exact) mass is 437 g/mol. The summed E-state index contributed by atoms with van der Waals surface area (Å²) >= 11 is 0. The van der Waals surface area contributed by atoms with Crippen molar-refractivity contribution >= 4 is 17.5 Å². The van der Waals surface area contributed by atoms with Crippen LogP contribution in [0.3, 0.4) is 0 Å². The second kappa shape index (κ2) is 8.58. The van der Waals surface area contributed by atoms with Crippen LogP contribution in [0.4, 0.5) is 11.6 Å². The molecule has 1 aromatic carbocycles. The molecule has 1 aromatic heterocycles. The van der Waals surface area contributed by atoms with E-state index in [1.165, 1.54) is 0 Å². The molecule has 1 aliphatic carbocycles. The number of rotatable bonds is 5. The zero-order chi connectivity index (χ0) is 22.1. The lowest BCUT2D eigenvalue weighted by molar-refractivity contribution is -0.134. The van der Waals surface area contributed by atoms with Crippen LogP contribution in [0.15, 0.2) is 30.3 Å². The SMILES string of the molecule is COc1ccccc1C1(C(=O)N2CCN(c3cc(N4CCOCC4)nc(C)n3)CC2)CC1. The fourth-order valence-electron chi connectivity index (χ4n) is 4.86. The van der Waals surface area contributed by atoms with Crippen molar-refractivity contribution in [1.82, 2.24) is 14.9 Å². The first-order valence-corrected chi connectivity index (χ1v) is 11.5. The van der Waals surface area contributed by atoms with Crippen molar-refractivity contribution in [3.8, 4) is 5.75 Å². The first-order valence-electron chi connectivity index (χ1n) is 11.5. The molecule has 2 saturated heterocycles. The number of hydrogen-bond acceptors (Lipinski definition) is 7. The Hall–Kier alpha value is -2.87. The minimum Gasteiger partial charge on any atom is -0.496 e. The highest BCUT2D eigenvalue weighted by Gasteiger charge is 2.54. The Bertz CT molecular complexity index is 979. The highest BCUT2D eigenvalue weighted by Crippen LogP contribution is 2.52. The number of methoxy groups -OCH3 is 1. The third-order valence-corrected chi connectivity index (χ3v) is 6.82. The summed E-state index contributed by atoms with van der Waals surface area (Å²) in [5.41, 5.74) is 0.612. The highest BCUT2D eigenvalue weighted by molar-refractivity contribution is 5.92. The number of carbonyl (C=O) groups excluding carboxylic acids is 1. The standard InChI is InChI=1S/C24H31N5O3/c1-18-25-21(17-22(26-18)28-13-15-32-16-14-28)27-9-11-29(12-10-27)23(30)24(7-8-24)19-5-3-4-6-20(19)31-2/h3-6,17H,7-16H2,1-2H3. The number of amides is 1. The maximum Gasteiger partial charge on any atom is 0.233 e. The Balaban J connectivity index is 1.27.